The Kier molecular flexibility index (Phi) is 5.67. The highest BCUT2D eigenvalue weighted by molar-refractivity contribution is 7.91. The van der Waals surface area contributed by atoms with Crippen LogP contribution in [0.25, 0.3) is 0 Å². The number of hydrogen-bond acceptors (Lipinski definition) is 6. The SMILES string of the molecule is Cc1cc(C(=O)OCC(=O)N(c2ccccc2)[C@H]2CCS(=O)(=O)C2)c(C)s1. The van der Waals surface area contributed by atoms with Crippen molar-refractivity contribution in [3.05, 3.63) is 51.7 Å². The van der Waals surface area contributed by atoms with Crippen LogP contribution < -0.4 is 4.90 Å². The fraction of sp³-hybridized carbons (Fsp3) is 0.368. The van der Waals surface area contributed by atoms with E-state index in [1.165, 1.54) is 16.2 Å². The minimum Gasteiger partial charge on any atom is -0.452 e. The van der Waals surface area contributed by atoms with Gasteiger partial charge in [-0.3, -0.25) is 4.79 Å². The molecule has 0 N–H and O–H groups in total. The van der Waals surface area contributed by atoms with E-state index < -0.39 is 34.4 Å². The maximum Gasteiger partial charge on any atom is 0.339 e. The average molecular weight is 408 g/mol. The van der Waals surface area contributed by atoms with Crippen molar-refractivity contribution in [1.29, 1.82) is 0 Å². The van der Waals surface area contributed by atoms with Gasteiger partial charge in [-0.05, 0) is 38.5 Å². The fourth-order valence-electron chi connectivity index (χ4n) is 3.23. The minimum absolute atomic E-state index is 0.0570. The lowest BCUT2D eigenvalue weighted by molar-refractivity contribution is -0.122. The maximum atomic E-state index is 12.8. The van der Waals surface area contributed by atoms with E-state index in [-0.39, 0.29) is 11.5 Å². The highest BCUT2D eigenvalue weighted by Gasteiger charge is 2.35. The second kappa shape index (κ2) is 7.82. The molecule has 3 rings (SSSR count). The summed E-state index contributed by atoms with van der Waals surface area (Å²) in [6, 6.07) is 10.2. The number of benzene rings is 1. The Bertz CT molecular complexity index is 950. The molecule has 0 saturated carbocycles. The molecule has 6 nitrogen and oxygen atoms in total. The normalized spacial score (nSPS) is 18.2. The topological polar surface area (TPSA) is 80.8 Å². The van der Waals surface area contributed by atoms with Crippen molar-refractivity contribution in [3.8, 4) is 0 Å². The van der Waals surface area contributed by atoms with E-state index in [4.69, 9.17) is 4.74 Å². The monoisotopic (exact) mass is 407 g/mol. The number of rotatable bonds is 5. The molecule has 0 unspecified atom stereocenters. The molecule has 0 spiro atoms. The average Bonchev–Trinajstić information content (AvgIpc) is 3.15. The van der Waals surface area contributed by atoms with Gasteiger partial charge in [0.2, 0.25) is 0 Å². The Morgan fingerprint density at radius 1 is 1.22 bits per heavy atom. The summed E-state index contributed by atoms with van der Waals surface area (Å²) < 4.78 is 29.0. The summed E-state index contributed by atoms with van der Waals surface area (Å²) in [4.78, 5) is 28.4. The van der Waals surface area contributed by atoms with Crippen LogP contribution in [-0.4, -0.2) is 44.4 Å². The summed E-state index contributed by atoms with van der Waals surface area (Å²) in [5, 5.41) is 0. The molecule has 1 aliphatic heterocycles. The lowest BCUT2D eigenvalue weighted by Crippen LogP contribution is -2.43. The number of para-hydroxylation sites is 1. The van der Waals surface area contributed by atoms with Crippen LogP contribution in [0.5, 0.6) is 0 Å². The third-order valence-electron chi connectivity index (χ3n) is 4.46. The van der Waals surface area contributed by atoms with Crippen molar-refractivity contribution in [3.63, 3.8) is 0 Å². The number of carbonyl (C=O) groups excluding carboxylic acids is 2. The first kappa shape index (κ1) is 19.6. The van der Waals surface area contributed by atoms with Crippen LogP contribution in [0, 0.1) is 13.8 Å². The van der Waals surface area contributed by atoms with Gasteiger partial charge in [0.1, 0.15) is 0 Å². The zero-order chi connectivity index (χ0) is 19.6. The Labute approximate surface area is 162 Å². The maximum absolute atomic E-state index is 12.8. The van der Waals surface area contributed by atoms with Crippen molar-refractivity contribution in [2.45, 2.75) is 26.3 Å². The van der Waals surface area contributed by atoms with Crippen molar-refractivity contribution < 1.29 is 22.7 Å². The van der Waals surface area contributed by atoms with Crippen molar-refractivity contribution in [2.75, 3.05) is 23.0 Å². The summed E-state index contributed by atoms with van der Waals surface area (Å²) in [6.45, 7) is 3.30. The summed E-state index contributed by atoms with van der Waals surface area (Å²) in [5.41, 5.74) is 1.06. The summed E-state index contributed by atoms with van der Waals surface area (Å²) in [7, 11) is -3.16. The molecular weight excluding hydrogens is 386 g/mol. The first-order valence-electron chi connectivity index (χ1n) is 8.58. The third-order valence-corrected chi connectivity index (χ3v) is 7.18. The van der Waals surface area contributed by atoms with Gasteiger partial charge in [0.15, 0.2) is 16.4 Å². The molecule has 1 aromatic heterocycles. The molecule has 2 aromatic rings. The lowest BCUT2D eigenvalue weighted by atomic mass is 10.2. The number of esters is 1. The third kappa shape index (κ3) is 4.56. The summed E-state index contributed by atoms with van der Waals surface area (Å²) in [5.74, 6) is -0.996. The molecule has 1 aliphatic rings. The van der Waals surface area contributed by atoms with Gasteiger partial charge in [0, 0.05) is 15.4 Å². The summed E-state index contributed by atoms with van der Waals surface area (Å²) >= 11 is 1.49. The molecule has 1 amide bonds. The van der Waals surface area contributed by atoms with Gasteiger partial charge < -0.3 is 9.64 Å². The Hall–Kier alpha value is -2.19. The molecule has 27 heavy (non-hydrogen) atoms. The number of thiophene rings is 1. The number of anilines is 1. The van der Waals surface area contributed by atoms with E-state index in [1.54, 1.807) is 30.3 Å². The largest absolute Gasteiger partial charge is 0.452 e. The molecule has 1 fully saturated rings. The molecule has 1 saturated heterocycles. The summed E-state index contributed by atoms with van der Waals surface area (Å²) in [6.07, 6.45) is 0.375. The van der Waals surface area contributed by atoms with Crippen molar-refractivity contribution >= 4 is 38.7 Å². The van der Waals surface area contributed by atoms with E-state index in [0.717, 1.165) is 9.75 Å². The number of aryl methyl sites for hydroxylation is 2. The molecule has 1 aromatic carbocycles. The molecular formula is C19H21NO5S2. The zero-order valence-electron chi connectivity index (χ0n) is 15.2. The van der Waals surface area contributed by atoms with Crippen LogP contribution in [0.2, 0.25) is 0 Å². The Balaban J connectivity index is 1.75. The van der Waals surface area contributed by atoms with Gasteiger partial charge in [0.25, 0.3) is 5.91 Å². The number of nitrogens with zero attached hydrogens (tertiary/aromatic N) is 1. The standard InChI is InChI=1S/C19H21NO5S2/c1-13-10-17(14(2)26-13)19(22)25-11-18(21)20(15-6-4-3-5-7-15)16-8-9-27(23,24)12-16/h3-7,10,16H,8-9,11-12H2,1-2H3/t16-/m0/s1. The first-order chi connectivity index (χ1) is 12.8. The van der Waals surface area contributed by atoms with Gasteiger partial charge >= 0.3 is 5.97 Å². The quantitative estimate of drug-likeness (QED) is 0.712. The van der Waals surface area contributed by atoms with Crippen LogP contribution in [-0.2, 0) is 19.4 Å². The van der Waals surface area contributed by atoms with Gasteiger partial charge in [-0.25, -0.2) is 13.2 Å². The smallest absolute Gasteiger partial charge is 0.339 e. The lowest BCUT2D eigenvalue weighted by Gasteiger charge is -2.28. The van der Waals surface area contributed by atoms with E-state index in [9.17, 15) is 18.0 Å². The molecule has 1 atom stereocenters. The fourth-order valence-corrected chi connectivity index (χ4v) is 5.85. The highest BCUT2D eigenvalue weighted by atomic mass is 32.2. The number of ether oxygens (including phenoxy) is 1. The van der Waals surface area contributed by atoms with E-state index in [0.29, 0.717) is 17.7 Å². The van der Waals surface area contributed by atoms with Crippen LogP contribution in [0.4, 0.5) is 5.69 Å². The molecule has 0 bridgehead atoms. The van der Waals surface area contributed by atoms with Crippen LogP contribution in [0.3, 0.4) is 0 Å². The Morgan fingerprint density at radius 3 is 2.48 bits per heavy atom. The number of amides is 1. The van der Waals surface area contributed by atoms with Gasteiger partial charge in [-0.2, -0.15) is 0 Å². The second-order valence-electron chi connectivity index (χ2n) is 6.56. The number of hydrogen-bond donors (Lipinski definition) is 0. The van der Waals surface area contributed by atoms with Crippen LogP contribution in [0.15, 0.2) is 36.4 Å². The predicted molar refractivity (Wildman–Crippen MR) is 105 cm³/mol. The molecule has 0 aliphatic carbocycles. The Morgan fingerprint density at radius 2 is 1.93 bits per heavy atom. The van der Waals surface area contributed by atoms with Crippen LogP contribution in [0.1, 0.15) is 26.5 Å². The molecule has 2 heterocycles. The van der Waals surface area contributed by atoms with Gasteiger partial charge in [-0.1, -0.05) is 18.2 Å². The van der Waals surface area contributed by atoms with Gasteiger partial charge in [0.05, 0.1) is 23.1 Å². The second-order valence-corrected chi connectivity index (χ2v) is 10.2. The van der Waals surface area contributed by atoms with Crippen molar-refractivity contribution in [1.82, 2.24) is 0 Å². The minimum atomic E-state index is -3.16. The molecule has 8 heteroatoms. The van der Waals surface area contributed by atoms with E-state index in [2.05, 4.69) is 0 Å². The molecule has 144 valence electrons. The van der Waals surface area contributed by atoms with Gasteiger partial charge in [-0.15, -0.1) is 11.3 Å². The highest BCUT2D eigenvalue weighted by Crippen LogP contribution is 2.25. The number of sulfone groups is 1. The molecule has 0 radical (unpaired) electrons. The van der Waals surface area contributed by atoms with Crippen LogP contribution >= 0.6 is 11.3 Å². The van der Waals surface area contributed by atoms with E-state index >= 15 is 0 Å². The number of carbonyl (C=O) groups is 2. The zero-order valence-corrected chi connectivity index (χ0v) is 16.8. The van der Waals surface area contributed by atoms with Crippen molar-refractivity contribution in [2.24, 2.45) is 0 Å². The van der Waals surface area contributed by atoms with E-state index in [1.807, 2.05) is 19.9 Å². The predicted octanol–water partition coefficient (Wildman–Crippen LogP) is 2.74. The first-order valence-corrected chi connectivity index (χ1v) is 11.2.